The topological polar surface area (TPSA) is 3.24 Å². The molecule has 0 saturated carbocycles. The lowest BCUT2D eigenvalue weighted by molar-refractivity contribution is -0.137. The van der Waals surface area contributed by atoms with E-state index in [-0.39, 0.29) is 5.54 Å². The van der Waals surface area contributed by atoms with Gasteiger partial charge < -0.3 is 4.90 Å². The maximum Gasteiger partial charge on any atom is 0.416 e. The van der Waals surface area contributed by atoms with Crippen LogP contribution in [0, 0.1) is 0 Å². The zero-order chi connectivity index (χ0) is 15.7. The summed E-state index contributed by atoms with van der Waals surface area (Å²) >= 11 is 0. The molecule has 4 heteroatoms. The molecule has 0 N–H and O–H groups in total. The van der Waals surface area contributed by atoms with Crippen LogP contribution in [0.2, 0.25) is 0 Å². The van der Waals surface area contributed by atoms with Crippen molar-refractivity contribution in [2.75, 3.05) is 4.90 Å². The Bertz CT molecular complexity index is 580. The molecule has 0 amide bonds. The van der Waals surface area contributed by atoms with E-state index in [4.69, 9.17) is 0 Å². The van der Waals surface area contributed by atoms with E-state index in [0.29, 0.717) is 0 Å². The van der Waals surface area contributed by atoms with Crippen LogP contribution in [-0.2, 0) is 6.18 Å². The van der Waals surface area contributed by atoms with E-state index in [1.54, 1.807) is 0 Å². The van der Waals surface area contributed by atoms with Crippen LogP contribution in [0.5, 0.6) is 0 Å². The van der Waals surface area contributed by atoms with E-state index in [9.17, 15) is 13.2 Å². The predicted molar refractivity (Wildman–Crippen MR) is 79.8 cm³/mol. The molecule has 0 fully saturated rings. The highest BCUT2D eigenvalue weighted by molar-refractivity contribution is 5.65. The molecule has 0 aromatic heterocycles. The SMILES string of the molecule is CC(C)(C)N(c1ccccc1)c1ccc(C(F)(F)F)cc1. The maximum absolute atomic E-state index is 12.7. The second kappa shape index (κ2) is 5.43. The van der Waals surface area contributed by atoms with E-state index in [1.165, 1.54) is 12.1 Å². The number of benzene rings is 2. The maximum atomic E-state index is 12.7. The standard InChI is InChI=1S/C17H18F3N/c1-16(2,3)21(14-7-5-4-6-8-14)15-11-9-13(10-12-15)17(18,19)20/h4-12H,1-3H3. The third-order valence-corrected chi connectivity index (χ3v) is 3.14. The summed E-state index contributed by atoms with van der Waals surface area (Å²) in [6, 6.07) is 14.9. The second-order valence-electron chi connectivity index (χ2n) is 5.89. The molecule has 21 heavy (non-hydrogen) atoms. The molecule has 2 aromatic carbocycles. The fourth-order valence-electron chi connectivity index (χ4n) is 2.30. The highest BCUT2D eigenvalue weighted by Crippen LogP contribution is 2.35. The molecule has 0 spiro atoms. The van der Waals surface area contributed by atoms with Gasteiger partial charge in [0.15, 0.2) is 0 Å². The zero-order valence-corrected chi connectivity index (χ0v) is 12.3. The van der Waals surface area contributed by atoms with Crippen LogP contribution >= 0.6 is 0 Å². The van der Waals surface area contributed by atoms with Crippen LogP contribution in [0.3, 0.4) is 0 Å². The van der Waals surface area contributed by atoms with Gasteiger partial charge in [-0.05, 0) is 57.2 Å². The first-order valence-corrected chi connectivity index (χ1v) is 6.72. The Hall–Kier alpha value is -1.97. The van der Waals surface area contributed by atoms with Crippen molar-refractivity contribution in [3.05, 3.63) is 60.2 Å². The molecule has 0 atom stereocenters. The summed E-state index contributed by atoms with van der Waals surface area (Å²) in [6.45, 7) is 6.08. The first-order valence-electron chi connectivity index (χ1n) is 6.72. The largest absolute Gasteiger partial charge is 0.416 e. The van der Waals surface area contributed by atoms with Crippen LogP contribution in [0.1, 0.15) is 26.3 Å². The van der Waals surface area contributed by atoms with Gasteiger partial charge in [0.25, 0.3) is 0 Å². The molecule has 0 unspecified atom stereocenters. The fraction of sp³-hybridized carbons (Fsp3) is 0.294. The van der Waals surface area contributed by atoms with Gasteiger partial charge in [-0.2, -0.15) is 13.2 Å². The summed E-state index contributed by atoms with van der Waals surface area (Å²) in [5, 5.41) is 0. The molecule has 0 radical (unpaired) electrons. The van der Waals surface area contributed by atoms with Gasteiger partial charge in [0.05, 0.1) is 5.56 Å². The van der Waals surface area contributed by atoms with Gasteiger partial charge >= 0.3 is 6.18 Å². The average Bonchev–Trinajstić information content (AvgIpc) is 2.38. The molecule has 2 aromatic rings. The lowest BCUT2D eigenvalue weighted by Gasteiger charge is -2.38. The minimum absolute atomic E-state index is 0.249. The number of para-hydroxylation sites is 1. The van der Waals surface area contributed by atoms with Crippen molar-refractivity contribution in [3.8, 4) is 0 Å². The Morgan fingerprint density at radius 2 is 1.19 bits per heavy atom. The summed E-state index contributed by atoms with van der Waals surface area (Å²) < 4.78 is 38.0. The van der Waals surface area contributed by atoms with Crippen LogP contribution < -0.4 is 4.90 Å². The number of halogens is 3. The van der Waals surface area contributed by atoms with Gasteiger partial charge in [0, 0.05) is 16.9 Å². The third kappa shape index (κ3) is 3.57. The molecule has 112 valence electrons. The Balaban J connectivity index is 2.44. The van der Waals surface area contributed by atoms with Crippen LogP contribution in [0.25, 0.3) is 0 Å². The Kier molecular flexibility index (Phi) is 3.99. The molecule has 1 nitrogen and oxygen atoms in total. The van der Waals surface area contributed by atoms with Crippen molar-refractivity contribution in [1.82, 2.24) is 0 Å². The summed E-state index contributed by atoms with van der Waals surface area (Å²) in [5.41, 5.74) is 0.806. The van der Waals surface area contributed by atoms with Crippen molar-refractivity contribution >= 4 is 11.4 Å². The summed E-state index contributed by atoms with van der Waals surface area (Å²) in [5.74, 6) is 0. The van der Waals surface area contributed by atoms with Gasteiger partial charge in [-0.15, -0.1) is 0 Å². The average molecular weight is 293 g/mol. The minimum atomic E-state index is -4.31. The molecular formula is C17H18F3N. The van der Waals surface area contributed by atoms with Gasteiger partial charge in [-0.3, -0.25) is 0 Å². The smallest absolute Gasteiger partial charge is 0.336 e. The number of rotatable bonds is 2. The highest BCUT2D eigenvalue weighted by atomic mass is 19.4. The number of hydrogen-bond donors (Lipinski definition) is 0. The number of alkyl halides is 3. The van der Waals surface area contributed by atoms with E-state index >= 15 is 0 Å². The monoisotopic (exact) mass is 293 g/mol. The Morgan fingerprint density at radius 3 is 1.62 bits per heavy atom. The third-order valence-electron chi connectivity index (χ3n) is 3.14. The molecule has 0 heterocycles. The number of nitrogens with zero attached hydrogens (tertiary/aromatic N) is 1. The molecule has 0 aliphatic heterocycles. The molecular weight excluding hydrogens is 275 g/mol. The fourth-order valence-corrected chi connectivity index (χ4v) is 2.30. The highest BCUT2D eigenvalue weighted by Gasteiger charge is 2.31. The summed E-state index contributed by atoms with van der Waals surface area (Å²) in [7, 11) is 0. The van der Waals surface area contributed by atoms with E-state index in [1.807, 2.05) is 56.0 Å². The van der Waals surface area contributed by atoms with Gasteiger partial charge in [-0.1, -0.05) is 18.2 Å². The van der Waals surface area contributed by atoms with Gasteiger partial charge in [0.2, 0.25) is 0 Å². The molecule has 0 aliphatic rings. The minimum Gasteiger partial charge on any atom is -0.336 e. The number of anilines is 2. The van der Waals surface area contributed by atoms with Gasteiger partial charge in [-0.25, -0.2) is 0 Å². The second-order valence-corrected chi connectivity index (χ2v) is 5.89. The van der Waals surface area contributed by atoms with Crippen molar-refractivity contribution in [2.45, 2.75) is 32.5 Å². The Morgan fingerprint density at radius 1 is 0.714 bits per heavy atom. The normalized spacial score (nSPS) is 12.3. The van der Waals surface area contributed by atoms with Crippen LogP contribution in [0.4, 0.5) is 24.5 Å². The predicted octanol–water partition coefficient (Wildman–Crippen LogP) is 5.64. The Labute approximate surface area is 123 Å². The van der Waals surface area contributed by atoms with Crippen molar-refractivity contribution in [3.63, 3.8) is 0 Å². The molecule has 2 rings (SSSR count). The first-order chi connectivity index (χ1) is 9.69. The lowest BCUT2D eigenvalue weighted by Crippen LogP contribution is -2.37. The first kappa shape index (κ1) is 15.4. The summed E-state index contributed by atoms with van der Waals surface area (Å²) in [4.78, 5) is 2.02. The van der Waals surface area contributed by atoms with E-state index in [2.05, 4.69) is 0 Å². The molecule has 0 bridgehead atoms. The quantitative estimate of drug-likeness (QED) is 0.692. The van der Waals surface area contributed by atoms with Crippen molar-refractivity contribution in [2.24, 2.45) is 0 Å². The molecule has 0 saturated heterocycles. The van der Waals surface area contributed by atoms with Crippen LogP contribution in [0.15, 0.2) is 54.6 Å². The van der Waals surface area contributed by atoms with Crippen molar-refractivity contribution in [1.29, 1.82) is 0 Å². The van der Waals surface area contributed by atoms with Gasteiger partial charge in [0.1, 0.15) is 0 Å². The van der Waals surface area contributed by atoms with E-state index in [0.717, 1.165) is 23.5 Å². The van der Waals surface area contributed by atoms with Crippen LogP contribution in [-0.4, -0.2) is 5.54 Å². The number of hydrogen-bond acceptors (Lipinski definition) is 1. The van der Waals surface area contributed by atoms with E-state index < -0.39 is 11.7 Å². The molecule has 0 aliphatic carbocycles. The summed E-state index contributed by atoms with van der Waals surface area (Å²) in [6.07, 6.45) is -4.31. The zero-order valence-electron chi connectivity index (χ0n) is 12.3. The van der Waals surface area contributed by atoms with Crippen molar-refractivity contribution < 1.29 is 13.2 Å². The lowest BCUT2D eigenvalue weighted by atomic mass is 10.0.